The highest BCUT2D eigenvalue weighted by atomic mass is 16.5. The van der Waals surface area contributed by atoms with Crippen molar-refractivity contribution in [1.82, 2.24) is 15.4 Å². The molecule has 1 atom stereocenters. The molecule has 0 bridgehead atoms. The number of aryl methyl sites for hydroxylation is 2. The smallest absolute Gasteiger partial charge is 0.325 e. The van der Waals surface area contributed by atoms with Crippen molar-refractivity contribution in [2.24, 2.45) is 0 Å². The third-order valence-electron chi connectivity index (χ3n) is 4.54. The average molecular weight is 370 g/mol. The zero-order valence-corrected chi connectivity index (χ0v) is 15.5. The highest BCUT2D eigenvalue weighted by molar-refractivity contribution is 6.10. The first kappa shape index (κ1) is 18.6. The summed E-state index contributed by atoms with van der Waals surface area (Å²) in [7, 11) is 0. The van der Waals surface area contributed by atoms with E-state index < -0.39 is 29.9 Å². The number of rotatable bonds is 6. The van der Waals surface area contributed by atoms with Crippen LogP contribution in [0.1, 0.15) is 37.2 Å². The summed E-state index contributed by atoms with van der Waals surface area (Å²) in [5.41, 5.74) is 0.642. The summed E-state index contributed by atoms with van der Waals surface area (Å²) in [6.07, 6.45) is 1.98. The van der Waals surface area contributed by atoms with Crippen LogP contribution in [0.15, 0.2) is 34.9 Å². The first-order valence-corrected chi connectivity index (χ1v) is 8.80. The zero-order chi connectivity index (χ0) is 19.6. The number of amides is 4. The van der Waals surface area contributed by atoms with Crippen molar-refractivity contribution in [3.05, 3.63) is 47.2 Å². The highest BCUT2D eigenvalue weighted by Gasteiger charge is 2.49. The minimum atomic E-state index is -1.20. The van der Waals surface area contributed by atoms with Gasteiger partial charge >= 0.3 is 6.03 Å². The average Bonchev–Trinajstić information content (AvgIpc) is 3.12. The number of hydrogen-bond donors (Lipinski definition) is 2. The molecule has 2 N–H and O–H groups in total. The lowest BCUT2D eigenvalue weighted by atomic mass is 9.91. The summed E-state index contributed by atoms with van der Waals surface area (Å²) < 4.78 is 4.87. The van der Waals surface area contributed by atoms with Crippen LogP contribution in [-0.4, -0.2) is 34.4 Å². The van der Waals surface area contributed by atoms with Crippen LogP contribution in [0.3, 0.4) is 0 Å². The van der Waals surface area contributed by atoms with E-state index in [2.05, 4.69) is 22.7 Å². The summed E-state index contributed by atoms with van der Waals surface area (Å²) in [5.74, 6) is -0.227. The normalized spacial score (nSPS) is 19.3. The molecule has 1 aliphatic rings. The summed E-state index contributed by atoms with van der Waals surface area (Å²) in [4.78, 5) is 38.3. The van der Waals surface area contributed by atoms with Gasteiger partial charge in [0.1, 0.15) is 17.8 Å². The molecule has 142 valence electrons. The first-order chi connectivity index (χ1) is 12.8. The number of nitrogens with one attached hydrogen (secondary N) is 2. The molecule has 3 rings (SSSR count). The van der Waals surface area contributed by atoms with Crippen molar-refractivity contribution >= 4 is 23.7 Å². The Morgan fingerprint density at radius 1 is 1.30 bits per heavy atom. The summed E-state index contributed by atoms with van der Waals surface area (Å²) in [6.45, 7) is 5.03. The molecule has 1 aliphatic heterocycles. The Morgan fingerprint density at radius 2 is 2.00 bits per heavy atom. The number of urea groups is 1. The lowest BCUT2D eigenvalue weighted by molar-refractivity contribution is -0.133. The van der Waals surface area contributed by atoms with Crippen molar-refractivity contribution < 1.29 is 18.9 Å². The molecule has 0 saturated carbocycles. The Morgan fingerprint density at radius 3 is 2.59 bits per heavy atom. The second-order valence-corrected chi connectivity index (χ2v) is 6.76. The minimum absolute atomic E-state index is 0.235. The quantitative estimate of drug-likeness (QED) is 0.760. The zero-order valence-electron chi connectivity index (χ0n) is 15.5. The molecule has 8 heteroatoms. The number of carbonyl (C=O) groups is 3. The standard InChI is InChI=1S/C19H22N4O4/c1-4-5-13-6-8-14(9-7-13)19(3)17(25)23(18(26)21-19)11-16(24)20-15-10-12(2)27-22-15/h6-10H,4-5,11H2,1-3H3,(H,21,26)(H,20,22,24). The van der Waals surface area contributed by atoms with E-state index in [1.165, 1.54) is 5.56 Å². The SMILES string of the molecule is CCCc1ccc(C2(C)NC(=O)N(CC(=O)Nc3cc(C)on3)C2=O)cc1. The van der Waals surface area contributed by atoms with Gasteiger partial charge in [0.05, 0.1) is 0 Å². The molecule has 0 radical (unpaired) electrons. The second kappa shape index (κ2) is 7.22. The lowest BCUT2D eigenvalue weighted by Gasteiger charge is -2.22. The largest absolute Gasteiger partial charge is 0.360 e. The van der Waals surface area contributed by atoms with Crippen LogP contribution in [0.4, 0.5) is 10.6 Å². The molecule has 0 spiro atoms. The van der Waals surface area contributed by atoms with Crippen molar-refractivity contribution in [2.75, 3.05) is 11.9 Å². The molecule has 1 saturated heterocycles. The van der Waals surface area contributed by atoms with Crippen LogP contribution < -0.4 is 10.6 Å². The van der Waals surface area contributed by atoms with Crippen molar-refractivity contribution in [2.45, 2.75) is 39.2 Å². The molecule has 4 amide bonds. The predicted octanol–water partition coefficient (Wildman–Crippen LogP) is 2.34. The van der Waals surface area contributed by atoms with Gasteiger partial charge < -0.3 is 15.2 Å². The van der Waals surface area contributed by atoms with Crippen molar-refractivity contribution in [3.8, 4) is 0 Å². The van der Waals surface area contributed by atoms with Crippen LogP contribution in [0.25, 0.3) is 0 Å². The molecule has 27 heavy (non-hydrogen) atoms. The van der Waals surface area contributed by atoms with Crippen LogP contribution in [-0.2, 0) is 21.5 Å². The third kappa shape index (κ3) is 3.69. The fraction of sp³-hybridized carbons (Fsp3) is 0.368. The topological polar surface area (TPSA) is 105 Å². The fourth-order valence-corrected chi connectivity index (χ4v) is 3.08. The van der Waals surface area contributed by atoms with Gasteiger partial charge in [-0.1, -0.05) is 42.8 Å². The number of carbonyl (C=O) groups excluding carboxylic acids is 3. The van der Waals surface area contributed by atoms with Gasteiger partial charge in [0.25, 0.3) is 5.91 Å². The lowest BCUT2D eigenvalue weighted by Crippen LogP contribution is -2.42. The maximum atomic E-state index is 12.9. The maximum absolute atomic E-state index is 12.9. The van der Waals surface area contributed by atoms with Crippen LogP contribution >= 0.6 is 0 Å². The monoisotopic (exact) mass is 370 g/mol. The van der Waals surface area contributed by atoms with Gasteiger partial charge in [-0.05, 0) is 31.4 Å². The molecular formula is C19H22N4O4. The molecule has 1 fully saturated rings. The first-order valence-electron chi connectivity index (χ1n) is 8.80. The minimum Gasteiger partial charge on any atom is -0.360 e. The van der Waals surface area contributed by atoms with Crippen molar-refractivity contribution in [3.63, 3.8) is 0 Å². The van der Waals surface area contributed by atoms with E-state index >= 15 is 0 Å². The van der Waals surface area contributed by atoms with E-state index in [-0.39, 0.29) is 5.82 Å². The molecular weight excluding hydrogens is 348 g/mol. The number of nitrogens with zero attached hydrogens (tertiary/aromatic N) is 2. The Balaban J connectivity index is 1.72. The predicted molar refractivity (Wildman–Crippen MR) is 97.9 cm³/mol. The van der Waals surface area contributed by atoms with Crippen LogP contribution in [0.5, 0.6) is 0 Å². The van der Waals surface area contributed by atoms with Gasteiger partial charge in [-0.2, -0.15) is 0 Å². The molecule has 0 aliphatic carbocycles. The molecule has 1 aromatic heterocycles. The van der Waals surface area contributed by atoms with E-state index in [0.29, 0.717) is 11.3 Å². The Bertz CT molecular complexity index is 874. The van der Waals surface area contributed by atoms with Gasteiger partial charge in [-0.3, -0.25) is 14.5 Å². The van der Waals surface area contributed by atoms with Gasteiger partial charge in [0, 0.05) is 6.07 Å². The number of imide groups is 1. The number of aromatic nitrogens is 1. The van der Waals surface area contributed by atoms with Gasteiger partial charge in [-0.25, -0.2) is 4.79 Å². The number of hydrogen-bond acceptors (Lipinski definition) is 5. The molecule has 8 nitrogen and oxygen atoms in total. The van der Waals surface area contributed by atoms with E-state index in [4.69, 9.17) is 4.52 Å². The Kier molecular flexibility index (Phi) is 4.98. The second-order valence-electron chi connectivity index (χ2n) is 6.76. The van der Waals surface area contributed by atoms with E-state index in [0.717, 1.165) is 17.7 Å². The number of benzene rings is 1. The third-order valence-corrected chi connectivity index (χ3v) is 4.54. The van der Waals surface area contributed by atoms with E-state index in [9.17, 15) is 14.4 Å². The summed E-state index contributed by atoms with van der Waals surface area (Å²) >= 11 is 0. The van der Waals surface area contributed by atoms with E-state index in [1.807, 2.05) is 24.3 Å². The van der Waals surface area contributed by atoms with Gasteiger partial charge in [-0.15, -0.1) is 0 Å². The van der Waals surface area contributed by atoms with Crippen molar-refractivity contribution in [1.29, 1.82) is 0 Å². The molecule has 1 unspecified atom stereocenters. The summed E-state index contributed by atoms with van der Waals surface area (Å²) in [5, 5.41) is 8.85. The molecule has 2 heterocycles. The highest BCUT2D eigenvalue weighted by Crippen LogP contribution is 2.29. The summed E-state index contributed by atoms with van der Waals surface area (Å²) in [6, 6.07) is 8.52. The van der Waals surface area contributed by atoms with Crippen LogP contribution in [0, 0.1) is 6.92 Å². The van der Waals surface area contributed by atoms with Gasteiger partial charge in [0.15, 0.2) is 5.82 Å². The Labute approximate surface area is 156 Å². The van der Waals surface area contributed by atoms with Gasteiger partial charge in [0.2, 0.25) is 5.91 Å². The molecule has 2 aromatic rings. The Hall–Kier alpha value is -3.16. The number of anilines is 1. The fourth-order valence-electron chi connectivity index (χ4n) is 3.08. The maximum Gasteiger partial charge on any atom is 0.325 e. The van der Waals surface area contributed by atoms with Crippen LogP contribution in [0.2, 0.25) is 0 Å². The molecule has 1 aromatic carbocycles. The van der Waals surface area contributed by atoms with E-state index in [1.54, 1.807) is 19.9 Å².